The van der Waals surface area contributed by atoms with E-state index >= 15 is 0 Å². The number of rotatable bonds is 3. The summed E-state index contributed by atoms with van der Waals surface area (Å²) >= 11 is 0. The van der Waals surface area contributed by atoms with Gasteiger partial charge in [-0.1, -0.05) is 6.92 Å². The molecule has 2 unspecified atom stereocenters. The van der Waals surface area contributed by atoms with Crippen molar-refractivity contribution in [1.82, 2.24) is 5.32 Å². The van der Waals surface area contributed by atoms with Gasteiger partial charge in [0.05, 0.1) is 6.10 Å². The molecule has 0 aromatic heterocycles. The average molecular weight is 185 g/mol. The van der Waals surface area contributed by atoms with E-state index in [1.807, 2.05) is 6.92 Å². The van der Waals surface area contributed by atoms with Crippen molar-refractivity contribution in [3.05, 3.63) is 0 Å². The molecule has 1 heterocycles. The lowest BCUT2D eigenvalue weighted by Gasteiger charge is -2.22. The largest absolute Gasteiger partial charge is 0.393 e. The number of aliphatic hydroxyl groups is 1. The number of aliphatic hydroxyl groups excluding tert-OH is 1. The molecular weight excluding hydrogens is 170 g/mol. The first kappa shape index (κ1) is 10.2. The molecule has 74 valence electrons. The van der Waals surface area contributed by atoms with Crippen molar-refractivity contribution < 1.29 is 14.7 Å². The standard InChI is InChI=1S/C9H15NO3/c1-2-7(11)5-6-3-4-8(12)10-9(6)13/h6-7,11H,2-5H2,1H3,(H,10,12,13). The van der Waals surface area contributed by atoms with Gasteiger partial charge in [0.25, 0.3) is 0 Å². The maximum absolute atomic E-state index is 11.2. The van der Waals surface area contributed by atoms with E-state index in [0.29, 0.717) is 25.7 Å². The average Bonchev–Trinajstić information content (AvgIpc) is 2.09. The Balaban J connectivity index is 2.42. The van der Waals surface area contributed by atoms with Gasteiger partial charge in [-0.15, -0.1) is 0 Å². The van der Waals surface area contributed by atoms with E-state index in [-0.39, 0.29) is 17.7 Å². The maximum Gasteiger partial charge on any atom is 0.229 e. The predicted octanol–water partition coefficient (Wildman–Crippen LogP) is 0.200. The van der Waals surface area contributed by atoms with Crippen LogP contribution >= 0.6 is 0 Å². The minimum Gasteiger partial charge on any atom is -0.393 e. The molecular formula is C9H15NO3. The van der Waals surface area contributed by atoms with Crippen LogP contribution in [0.3, 0.4) is 0 Å². The molecule has 4 nitrogen and oxygen atoms in total. The summed E-state index contributed by atoms with van der Waals surface area (Å²) in [7, 11) is 0. The van der Waals surface area contributed by atoms with Crippen LogP contribution in [0.4, 0.5) is 0 Å². The van der Waals surface area contributed by atoms with Gasteiger partial charge < -0.3 is 5.11 Å². The summed E-state index contributed by atoms with van der Waals surface area (Å²) in [6.45, 7) is 1.87. The normalized spacial score (nSPS) is 25.5. The van der Waals surface area contributed by atoms with Crippen molar-refractivity contribution in [3.63, 3.8) is 0 Å². The van der Waals surface area contributed by atoms with Gasteiger partial charge in [-0.05, 0) is 19.3 Å². The molecule has 0 aromatic rings. The third-order valence-electron chi connectivity index (χ3n) is 2.38. The van der Waals surface area contributed by atoms with Crippen LogP contribution in [-0.4, -0.2) is 23.0 Å². The number of hydrogen-bond donors (Lipinski definition) is 2. The molecule has 2 N–H and O–H groups in total. The number of carbonyl (C=O) groups excluding carboxylic acids is 2. The highest BCUT2D eigenvalue weighted by Crippen LogP contribution is 2.18. The van der Waals surface area contributed by atoms with Crippen molar-refractivity contribution in [3.8, 4) is 0 Å². The van der Waals surface area contributed by atoms with Gasteiger partial charge >= 0.3 is 0 Å². The topological polar surface area (TPSA) is 66.4 Å². The monoisotopic (exact) mass is 185 g/mol. The number of nitrogens with one attached hydrogen (secondary N) is 1. The van der Waals surface area contributed by atoms with Crippen LogP contribution in [0.1, 0.15) is 32.6 Å². The molecule has 4 heteroatoms. The third-order valence-corrected chi connectivity index (χ3v) is 2.38. The summed E-state index contributed by atoms with van der Waals surface area (Å²) in [6.07, 6.45) is 1.66. The van der Waals surface area contributed by atoms with Crippen LogP contribution in [-0.2, 0) is 9.59 Å². The van der Waals surface area contributed by atoms with Crippen LogP contribution in [0, 0.1) is 5.92 Å². The van der Waals surface area contributed by atoms with E-state index in [1.54, 1.807) is 0 Å². The van der Waals surface area contributed by atoms with Crippen molar-refractivity contribution in [2.24, 2.45) is 5.92 Å². The van der Waals surface area contributed by atoms with Crippen molar-refractivity contribution in [2.45, 2.75) is 38.7 Å². The summed E-state index contributed by atoms with van der Waals surface area (Å²) in [5, 5.41) is 11.6. The van der Waals surface area contributed by atoms with E-state index in [4.69, 9.17) is 0 Å². The fourth-order valence-electron chi connectivity index (χ4n) is 1.46. The Bertz CT molecular complexity index is 215. The molecule has 1 fully saturated rings. The molecule has 13 heavy (non-hydrogen) atoms. The second kappa shape index (κ2) is 4.37. The number of hydrogen-bond acceptors (Lipinski definition) is 3. The smallest absolute Gasteiger partial charge is 0.229 e. The van der Waals surface area contributed by atoms with E-state index in [1.165, 1.54) is 0 Å². The molecule has 2 amide bonds. The first-order chi connectivity index (χ1) is 6.13. The molecule has 1 aliphatic heterocycles. The van der Waals surface area contributed by atoms with Crippen LogP contribution in [0.15, 0.2) is 0 Å². The summed E-state index contributed by atoms with van der Waals surface area (Å²) in [5.74, 6) is -0.622. The molecule has 1 rings (SSSR count). The molecule has 0 aromatic carbocycles. The molecule has 0 saturated carbocycles. The fraction of sp³-hybridized carbons (Fsp3) is 0.778. The second-order valence-electron chi connectivity index (χ2n) is 3.45. The number of amides is 2. The zero-order chi connectivity index (χ0) is 9.84. The first-order valence-electron chi connectivity index (χ1n) is 4.65. The van der Waals surface area contributed by atoms with Gasteiger partial charge in [0.15, 0.2) is 0 Å². The summed E-state index contributed by atoms with van der Waals surface area (Å²) in [4.78, 5) is 22.0. The lowest BCUT2D eigenvalue weighted by Crippen LogP contribution is -2.41. The molecule has 0 spiro atoms. The summed E-state index contributed by atoms with van der Waals surface area (Å²) in [6, 6.07) is 0. The second-order valence-corrected chi connectivity index (χ2v) is 3.45. The zero-order valence-electron chi connectivity index (χ0n) is 7.75. The number of carbonyl (C=O) groups is 2. The van der Waals surface area contributed by atoms with Crippen LogP contribution in [0.2, 0.25) is 0 Å². The van der Waals surface area contributed by atoms with Crippen molar-refractivity contribution >= 4 is 11.8 Å². The van der Waals surface area contributed by atoms with E-state index in [2.05, 4.69) is 5.32 Å². The lowest BCUT2D eigenvalue weighted by atomic mass is 9.92. The Labute approximate surface area is 77.3 Å². The minimum atomic E-state index is -0.427. The molecule has 2 atom stereocenters. The predicted molar refractivity (Wildman–Crippen MR) is 46.8 cm³/mol. The minimum absolute atomic E-state index is 0.187. The van der Waals surface area contributed by atoms with E-state index in [9.17, 15) is 14.7 Å². The third kappa shape index (κ3) is 2.81. The van der Waals surface area contributed by atoms with Gasteiger partial charge in [0.1, 0.15) is 0 Å². The number of imide groups is 1. The Morgan fingerprint density at radius 2 is 2.31 bits per heavy atom. The zero-order valence-corrected chi connectivity index (χ0v) is 7.75. The van der Waals surface area contributed by atoms with E-state index in [0.717, 1.165) is 0 Å². The van der Waals surface area contributed by atoms with Gasteiger partial charge in [-0.3, -0.25) is 14.9 Å². The lowest BCUT2D eigenvalue weighted by molar-refractivity contribution is -0.137. The first-order valence-corrected chi connectivity index (χ1v) is 4.65. The van der Waals surface area contributed by atoms with Crippen LogP contribution < -0.4 is 5.32 Å². The quantitative estimate of drug-likeness (QED) is 0.617. The molecule has 0 aliphatic carbocycles. The fourth-order valence-corrected chi connectivity index (χ4v) is 1.46. The van der Waals surface area contributed by atoms with Crippen LogP contribution in [0.25, 0.3) is 0 Å². The van der Waals surface area contributed by atoms with Crippen molar-refractivity contribution in [1.29, 1.82) is 0 Å². The molecule has 1 saturated heterocycles. The van der Waals surface area contributed by atoms with E-state index < -0.39 is 6.10 Å². The molecule has 0 radical (unpaired) electrons. The van der Waals surface area contributed by atoms with Gasteiger partial charge in [-0.25, -0.2) is 0 Å². The van der Waals surface area contributed by atoms with Crippen molar-refractivity contribution in [2.75, 3.05) is 0 Å². The Morgan fingerprint density at radius 1 is 1.62 bits per heavy atom. The Hall–Kier alpha value is -0.900. The van der Waals surface area contributed by atoms with Crippen LogP contribution in [0.5, 0.6) is 0 Å². The van der Waals surface area contributed by atoms with Gasteiger partial charge in [0.2, 0.25) is 11.8 Å². The Morgan fingerprint density at radius 3 is 2.85 bits per heavy atom. The summed E-state index contributed by atoms with van der Waals surface area (Å²) in [5.41, 5.74) is 0. The van der Waals surface area contributed by atoms with Gasteiger partial charge in [-0.2, -0.15) is 0 Å². The maximum atomic E-state index is 11.2. The van der Waals surface area contributed by atoms with Gasteiger partial charge in [0, 0.05) is 12.3 Å². The highest BCUT2D eigenvalue weighted by atomic mass is 16.3. The molecule has 1 aliphatic rings. The highest BCUT2D eigenvalue weighted by molar-refractivity contribution is 5.98. The highest BCUT2D eigenvalue weighted by Gasteiger charge is 2.27. The molecule has 0 bridgehead atoms. The summed E-state index contributed by atoms with van der Waals surface area (Å²) < 4.78 is 0. The SMILES string of the molecule is CCC(O)CC1CCC(=O)NC1=O. The Kier molecular flexibility index (Phi) is 3.42. The number of piperidine rings is 1.